The minimum absolute atomic E-state index is 0.217. The average molecular weight is 274 g/mol. The molecule has 3 N–H and O–H groups in total. The number of aromatic amines is 1. The molecule has 3 rings (SSSR count). The summed E-state index contributed by atoms with van der Waals surface area (Å²) >= 11 is 1.19. The summed E-state index contributed by atoms with van der Waals surface area (Å²) in [6.45, 7) is 0. The summed E-state index contributed by atoms with van der Waals surface area (Å²) in [7, 11) is 0. The molecule has 0 spiro atoms. The summed E-state index contributed by atoms with van der Waals surface area (Å²) in [5, 5.41) is 16.3. The van der Waals surface area contributed by atoms with E-state index in [1.54, 1.807) is 10.6 Å². The quantitative estimate of drug-likeness (QED) is 0.859. The van der Waals surface area contributed by atoms with Crippen molar-refractivity contribution in [3.63, 3.8) is 0 Å². The van der Waals surface area contributed by atoms with Gasteiger partial charge < -0.3 is 5.73 Å². The SMILES string of the molecule is N#Cc1ccnc(Sc2n[nH]c(=O)n2C2CC2)c1N. The van der Waals surface area contributed by atoms with E-state index < -0.39 is 0 Å². The molecule has 1 aliphatic rings. The minimum atomic E-state index is -0.222. The van der Waals surface area contributed by atoms with E-state index in [0.717, 1.165) is 12.8 Å². The van der Waals surface area contributed by atoms with E-state index in [1.807, 2.05) is 6.07 Å². The van der Waals surface area contributed by atoms with Gasteiger partial charge in [0.15, 0.2) is 5.16 Å². The maximum absolute atomic E-state index is 11.6. The van der Waals surface area contributed by atoms with E-state index in [1.165, 1.54) is 18.0 Å². The van der Waals surface area contributed by atoms with Crippen LogP contribution in [0.3, 0.4) is 0 Å². The second kappa shape index (κ2) is 4.44. The zero-order chi connectivity index (χ0) is 13.4. The number of nitrogens with one attached hydrogen (secondary N) is 1. The van der Waals surface area contributed by atoms with Crippen LogP contribution in [0.5, 0.6) is 0 Å². The smallest absolute Gasteiger partial charge is 0.344 e. The molecule has 0 unspecified atom stereocenters. The summed E-state index contributed by atoms with van der Waals surface area (Å²) in [6.07, 6.45) is 3.48. The second-order valence-corrected chi connectivity index (χ2v) is 5.16. The Labute approximate surface area is 112 Å². The molecule has 7 nitrogen and oxygen atoms in total. The molecule has 96 valence electrons. The predicted octanol–water partition coefficient (Wildman–Crippen LogP) is 0.906. The lowest BCUT2D eigenvalue weighted by molar-refractivity contribution is 0.642. The molecule has 1 aliphatic carbocycles. The van der Waals surface area contributed by atoms with E-state index >= 15 is 0 Å². The van der Waals surface area contributed by atoms with Gasteiger partial charge in [0.05, 0.1) is 11.3 Å². The number of nitrogen functional groups attached to an aromatic ring is 1. The van der Waals surface area contributed by atoms with E-state index in [9.17, 15) is 4.79 Å². The Morgan fingerprint density at radius 2 is 2.37 bits per heavy atom. The Morgan fingerprint density at radius 1 is 1.58 bits per heavy atom. The largest absolute Gasteiger partial charge is 0.395 e. The zero-order valence-electron chi connectivity index (χ0n) is 9.83. The normalized spacial score (nSPS) is 14.3. The first kappa shape index (κ1) is 11.8. The van der Waals surface area contributed by atoms with Crippen molar-refractivity contribution >= 4 is 17.4 Å². The third-order valence-electron chi connectivity index (χ3n) is 2.85. The Morgan fingerprint density at radius 3 is 3.05 bits per heavy atom. The van der Waals surface area contributed by atoms with Crippen LogP contribution in [-0.4, -0.2) is 19.7 Å². The molecule has 0 radical (unpaired) electrons. The van der Waals surface area contributed by atoms with E-state index in [2.05, 4.69) is 15.2 Å². The highest BCUT2D eigenvalue weighted by Crippen LogP contribution is 2.38. The van der Waals surface area contributed by atoms with E-state index in [-0.39, 0.29) is 11.7 Å². The maximum Gasteiger partial charge on any atom is 0.344 e. The van der Waals surface area contributed by atoms with Gasteiger partial charge >= 0.3 is 5.69 Å². The lowest BCUT2D eigenvalue weighted by atomic mass is 10.2. The van der Waals surface area contributed by atoms with Crippen LogP contribution in [0.1, 0.15) is 24.4 Å². The van der Waals surface area contributed by atoms with Gasteiger partial charge in [-0.2, -0.15) is 5.26 Å². The summed E-state index contributed by atoms with van der Waals surface area (Å²) in [4.78, 5) is 15.8. The molecule has 2 aromatic rings. The predicted molar refractivity (Wildman–Crippen MR) is 68.6 cm³/mol. The molecular formula is C11H10N6OS. The number of aromatic nitrogens is 4. The lowest BCUT2D eigenvalue weighted by Crippen LogP contribution is -2.16. The molecule has 2 heterocycles. The Kier molecular flexibility index (Phi) is 2.76. The molecule has 0 aromatic carbocycles. The van der Waals surface area contributed by atoms with E-state index in [0.29, 0.717) is 21.4 Å². The van der Waals surface area contributed by atoms with Gasteiger partial charge in [-0.3, -0.25) is 4.57 Å². The van der Waals surface area contributed by atoms with Gasteiger partial charge in [-0.25, -0.2) is 14.9 Å². The lowest BCUT2D eigenvalue weighted by Gasteiger charge is -2.05. The molecule has 0 atom stereocenters. The van der Waals surface area contributed by atoms with Crippen LogP contribution >= 0.6 is 11.8 Å². The molecule has 1 saturated carbocycles. The van der Waals surface area contributed by atoms with Crippen LogP contribution in [0.2, 0.25) is 0 Å². The first-order valence-corrected chi connectivity index (χ1v) is 6.51. The second-order valence-electron chi connectivity index (χ2n) is 4.20. The van der Waals surface area contributed by atoms with Gasteiger partial charge in [0.2, 0.25) is 0 Å². The summed E-state index contributed by atoms with van der Waals surface area (Å²) in [5.74, 6) is 0. The molecule has 0 bridgehead atoms. The fourth-order valence-electron chi connectivity index (χ4n) is 1.74. The zero-order valence-corrected chi connectivity index (χ0v) is 10.6. The number of nitrogens with zero attached hydrogens (tertiary/aromatic N) is 4. The summed E-state index contributed by atoms with van der Waals surface area (Å²) < 4.78 is 1.62. The molecule has 0 saturated heterocycles. The number of hydrogen-bond donors (Lipinski definition) is 2. The highest BCUT2D eigenvalue weighted by atomic mass is 32.2. The third-order valence-corrected chi connectivity index (χ3v) is 3.84. The van der Waals surface area contributed by atoms with Crippen LogP contribution < -0.4 is 11.4 Å². The third kappa shape index (κ3) is 2.08. The Hall–Kier alpha value is -2.27. The topological polar surface area (TPSA) is 113 Å². The van der Waals surface area contributed by atoms with Crippen molar-refractivity contribution in [1.82, 2.24) is 19.7 Å². The van der Waals surface area contributed by atoms with Crippen molar-refractivity contribution in [2.24, 2.45) is 0 Å². The number of pyridine rings is 1. The number of nitriles is 1. The molecule has 19 heavy (non-hydrogen) atoms. The van der Waals surface area contributed by atoms with Crippen molar-refractivity contribution in [1.29, 1.82) is 5.26 Å². The highest BCUT2D eigenvalue weighted by Gasteiger charge is 2.29. The van der Waals surface area contributed by atoms with Crippen LogP contribution in [0, 0.1) is 11.3 Å². The molecular weight excluding hydrogens is 264 g/mol. The number of anilines is 1. The van der Waals surface area contributed by atoms with Crippen molar-refractivity contribution in [3.05, 3.63) is 28.3 Å². The van der Waals surface area contributed by atoms with Gasteiger partial charge in [0, 0.05) is 12.2 Å². The minimum Gasteiger partial charge on any atom is -0.395 e. The van der Waals surface area contributed by atoms with Gasteiger partial charge in [0.1, 0.15) is 11.1 Å². The first-order valence-electron chi connectivity index (χ1n) is 5.70. The monoisotopic (exact) mass is 274 g/mol. The van der Waals surface area contributed by atoms with E-state index in [4.69, 9.17) is 11.0 Å². The van der Waals surface area contributed by atoms with Crippen molar-refractivity contribution in [2.75, 3.05) is 5.73 Å². The maximum atomic E-state index is 11.6. The molecule has 2 aromatic heterocycles. The summed E-state index contributed by atoms with van der Waals surface area (Å²) in [5.41, 5.74) is 6.32. The number of hydrogen-bond acceptors (Lipinski definition) is 6. The average Bonchev–Trinajstić information content (AvgIpc) is 3.17. The van der Waals surface area contributed by atoms with Crippen LogP contribution in [0.15, 0.2) is 27.2 Å². The van der Waals surface area contributed by atoms with Gasteiger partial charge in [0.25, 0.3) is 0 Å². The number of rotatable bonds is 3. The standard InChI is InChI=1S/C11H10N6OS/c12-5-6-3-4-14-9(8(6)13)19-11-16-15-10(18)17(11)7-1-2-7/h3-4,7H,1-2,13H2,(H,15,18). The summed E-state index contributed by atoms with van der Waals surface area (Å²) in [6, 6.07) is 3.77. The number of nitrogens with two attached hydrogens (primary N) is 1. The molecule has 0 aliphatic heterocycles. The molecule has 1 fully saturated rings. The fourth-order valence-corrected chi connectivity index (χ4v) is 2.66. The van der Waals surface area contributed by atoms with Gasteiger partial charge in [-0.15, -0.1) is 5.10 Å². The van der Waals surface area contributed by atoms with Crippen molar-refractivity contribution < 1.29 is 0 Å². The van der Waals surface area contributed by atoms with Crippen LogP contribution in [-0.2, 0) is 0 Å². The van der Waals surface area contributed by atoms with Gasteiger partial charge in [-0.05, 0) is 30.7 Å². The molecule has 8 heteroatoms. The van der Waals surface area contributed by atoms with Crippen LogP contribution in [0.4, 0.5) is 5.69 Å². The first-order chi connectivity index (χ1) is 9.20. The Bertz CT molecular complexity index is 724. The Balaban J connectivity index is 1.98. The molecule has 0 amide bonds. The van der Waals surface area contributed by atoms with Gasteiger partial charge in [-0.1, -0.05) is 0 Å². The number of H-pyrrole nitrogens is 1. The van der Waals surface area contributed by atoms with Crippen molar-refractivity contribution in [2.45, 2.75) is 29.1 Å². The van der Waals surface area contributed by atoms with Crippen molar-refractivity contribution in [3.8, 4) is 6.07 Å². The fraction of sp³-hybridized carbons (Fsp3) is 0.273. The van der Waals surface area contributed by atoms with Crippen LogP contribution in [0.25, 0.3) is 0 Å². The highest BCUT2D eigenvalue weighted by molar-refractivity contribution is 7.99.